The highest BCUT2D eigenvalue weighted by molar-refractivity contribution is 4.89. The fraction of sp³-hybridized carbons (Fsp3) is 1.00. The summed E-state index contributed by atoms with van der Waals surface area (Å²) in [6, 6.07) is 0. The first-order chi connectivity index (χ1) is 4.65. The summed E-state index contributed by atoms with van der Waals surface area (Å²) < 4.78 is 0. The molecule has 1 rings (SSSR count). The lowest BCUT2D eigenvalue weighted by Gasteiger charge is -2.39. The van der Waals surface area contributed by atoms with Gasteiger partial charge in [-0.1, -0.05) is 13.8 Å². The summed E-state index contributed by atoms with van der Waals surface area (Å²) in [6.45, 7) is 8.98. The van der Waals surface area contributed by atoms with Crippen LogP contribution in [0.25, 0.3) is 0 Å². The standard InChI is InChI=1S/C8H18N2/c1-7(2)8(3)4-5-9-6-10-8/h7,9-10H,4-6H2,1-3H3. The Morgan fingerprint density at radius 3 is 2.40 bits per heavy atom. The zero-order valence-electron chi connectivity index (χ0n) is 7.20. The molecule has 1 aliphatic heterocycles. The van der Waals surface area contributed by atoms with Crippen LogP contribution < -0.4 is 10.6 Å². The van der Waals surface area contributed by atoms with Gasteiger partial charge in [0.15, 0.2) is 0 Å². The maximum Gasteiger partial charge on any atom is 0.0458 e. The first-order valence-electron chi connectivity index (χ1n) is 4.11. The zero-order valence-corrected chi connectivity index (χ0v) is 7.20. The Bertz CT molecular complexity index is 104. The predicted molar refractivity (Wildman–Crippen MR) is 43.9 cm³/mol. The molecule has 0 spiro atoms. The fourth-order valence-corrected chi connectivity index (χ4v) is 1.28. The van der Waals surface area contributed by atoms with Crippen LogP contribution in [0.4, 0.5) is 0 Å². The van der Waals surface area contributed by atoms with Crippen molar-refractivity contribution in [3.63, 3.8) is 0 Å². The van der Waals surface area contributed by atoms with Gasteiger partial charge >= 0.3 is 0 Å². The van der Waals surface area contributed by atoms with Gasteiger partial charge in [-0.05, 0) is 25.8 Å². The van der Waals surface area contributed by atoms with Crippen LogP contribution in [0.15, 0.2) is 0 Å². The van der Waals surface area contributed by atoms with Crippen LogP contribution in [0.5, 0.6) is 0 Å². The summed E-state index contributed by atoms with van der Waals surface area (Å²) in [5, 5.41) is 6.77. The molecule has 1 fully saturated rings. The number of rotatable bonds is 1. The van der Waals surface area contributed by atoms with Crippen molar-refractivity contribution in [1.82, 2.24) is 10.6 Å². The van der Waals surface area contributed by atoms with Crippen LogP contribution in [-0.4, -0.2) is 18.8 Å². The van der Waals surface area contributed by atoms with Crippen LogP contribution in [0, 0.1) is 5.92 Å². The van der Waals surface area contributed by atoms with Gasteiger partial charge in [0, 0.05) is 12.2 Å². The molecule has 1 atom stereocenters. The van der Waals surface area contributed by atoms with Crippen molar-refractivity contribution in [3.05, 3.63) is 0 Å². The van der Waals surface area contributed by atoms with E-state index in [-0.39, 0.29) is 0 Å². The molecule has 1 saturated heterocycles. The van der Waals surface area contributed by atoms with Gasteiger partial charge in [0.1, 0.15) is 0 Å². The van der Waals surface area contributed by atoms with E-state index in [1.54, 1.807) is 0 Å². The highest BCUT2D eigenvalue weighted by Crippen LogP contribution is 2.20. The Kier molecular flexibility index (Phi) is 2.32. The maximum atomic E-state index is 3.48. The second-order valence-electron chi connectivity index (χ2n) is 3.68. The normalized spacial score (nSPS) is 34.8. The topological polar surface area (TPSA) is 24.1 Å². The average molecular weight is 142 g/mol. The molecule has 1 heterocycles. The Hall–Kier alpha value is -0.0800. The Morgan fingerprint density at radius 1 is 1.40 bits per heavy atom. The van der Waals surface area contributed by atoms with E-state index >= 15 is 0 Å². The first kappa shape index (κ1) is 8.02. The van der Waals surface area contributed by atoms with Crippen molar-refractivity contribution >= 4 is 0 Å². The molecule has 0 aliphatic carbocycles. The van der Waals surface area contributed by atoms with E-state index in [0.717, 1.165) is 19.1 Å². The van der Waals surface area contributed by atoms with Gasteiger partial charge in [-0.2, -0.15) is 0 Å². The predicted octanol–water partition coefficient (Wildman–Crippen LogP) is 0.942. The minimum absolute atomic E-state index is 0.366. The molecule has 2 nitrogen and oxygen atoms in total. The minimum Gasteiger partial charge on any atom is -0.304 e. The van der Waals surface area contributed by atoms with Gasteiger partial charge in [-0.3, -0.25) is 5.32 Å². The Labute approximate surface area is 63.4 Å². The SMILES string of the molecule is CC(C)C1(C)CCNCN1. The summed E-state index contributed by atoms with van der Waals surface area (Å²) in [4.78, 5) is 0. The van der Waals surface area contributed by atoms with Crippen LogP contribution >= 0.6 is 0 Å². The third-order valence-electron chi connectivity index (χ3n) is 2.71. The first-order valence-corrected chi connectivity index (χ1v) is 4.11. The highest BCUT2D eigenvalue weighted by atomic mass is 15.1. The van der Waals surface area contributed by atoms with Crippen molar-refractivity contribution < 1.29 is 0 Å². The van der Waals surface area contributed by atoms with E-state index in [9.17, 15) is 0 Å². The third kappa shape index (κ3) is 1.50. The molecule has 0 aromatic carbocycles. The molecule has 0 bridgehead atoms. The van der Waals surface area contributed by atoms with Crippen molar-refractivity contribution in [2.24, 2.45) is 5.92 Å². The summed E-state index contributed by atoms with van der Waals surface area (Å²) in [6.07, 6.45) is 1.24. The van der Waals surface area contributed by atoms with E-state index in [1.807, 2.05) is 0 Å². The smallest absolute Gasteiger partial charge is 0.0458 e. The lowest BCUT2D eigenvalue weighted by molar-refractivity contribution is 0.203. The summed E-state index contributed by atoms with van der Waals surface area (Å²) in [7, 11) is 0. The molecule has 10 heavy (non-hydrogen) atoms. The van der Waals surface area contributed by atoms with Gasteiger partial charge in [0.2, 0.25) is 0 Å². The number of hydrogen-bond acceptors (Lipinski definition) is 2. The molecule has 0 aromatic rings. The minimum atomic E-state index is 0.366. The van der Waals surface area contributed by atoms with Crippen molar-refractivity contribution in [3.8, 4) is 0 Å². The molecule has 1 unspecified atom stereocenters. The van der Waals surface area contributed by atoms with Crippen molar-refractivity contribution in [2.75, 3.05) is 13.2 Å². The molecule has 0 saturated carbocycles. The van der Waals surface area contributed by atoms with Gasteiger partial charge in [-0.15, -0.1) is 0 Å². The summed E-state index contributed by atoms with van der Waals surface area (Å²) in [5.74, 6) is 0.731. The second kappa shape index (κ2) is 2.89. The molecular formula is C8H18N2. The van der Waals surface area contributed by atoms with Crippen LogP contribution in [-0.2, 0) is 0 Å². The lowest BCUT2D eigenvalue weighted by atomic mass is 9.84. The van der Waals surface area contributed by atoms with Gasteiger partial charge in [0.05, 0.1) is 0 Å². The zero-order chi connectivity index (χ0) is 7.61. The van der Waals surface area contributed by atoms with E-state index in [0.29, 0.717) is 5.54 Å². The van der Waals surface area contributed by atoms with E-state index in [1.165, 1.54) is 6.42 Å². The van der Waals surface area contributed by atoms with E-state index in [2.05, 4.69) is 31.4 Å². The second-order valence-corrected chi connectivity index (χ2v) is 3.68. The van der Waals surface area contributed by atoms with Crippen molar-refractivity contribution in [2.45, 2.75) is 32.7 Å². The van der Waals surface area contributed by atoms with Gasteiger partial charge < -0.3 is 5.32 Å². The summed E-state index contributed by atoms with van der Waals surface area (Å²) >= 11 is 0. The van der Waals surface area contributed by atoms with Gasteiger partial charge in [0.25, 0.3) is 0 Å². The van der Waals surface area contributed by atoms with Crippen LogP contribution in [0.2, 0.25) is 0 Å². The van der Waals surface area contributed by atoms with E-state index in [4.69, 9.17) is 0 Å². The fourth-order valence-electron chi connectivity index (χ4n) is 1.28. The highest BCUT2D eigenvalue weighted by Gasteiger charge is 2.28. The lowest BCUT2D eigenvalue weighted by Crippen LogP contribution is -2.56. The van der Waals surface area contributed by atoms with Crippen LogP contribution in [0.1, 0.15) is 27.2 Å². The largest absolute Gasteiger partial charge is 0.304 e. The van der Waals surface area contributed by atoms with E-state index < -0.39 is 0 Å². The Balaban J connectivity index is 2.48. The molecule has 1 aliphatic rings. The number of nitrogens with one attached hydrogen (secondary N) is 2. The van der Waals surface area contributed by atoms with Crippen LogP contribution in [0.3, 0.4) is 0 Å². The average Bonchev–Trinajstić information content (AvgIpc) is 1.89. The maximum absolute atomic E-state index is 3.48. The molecule has 0 aromatic heterocycles. The molecule has 0 radical (unpaired) electrons. The molecule has 2 heteroatoms. The quantitative estimate of drug-likeness (QED) is 0.569. The number of hydrogen-bond donors (Lipinski definition) is 2. The molecule has 0 amide bonds. The third-order valence-corrected chi connectivity index (χ3v) is 2.71. The monoisotopic (exact) mass is 142 g/mol. The van der Waals surface area contributed by atoms with Crippen molar-refractivity contribution in [1.29, 1.82) is 0 Å². The molecule has 60 valence electrons. The molecular weight excluding hydrogens is 124 g/mol. The summed E-state index contributed by atoms with van der Waals surface area (Å²) in [5.41, 5.74) is 0.366. The molecule has 2 N–H and O–H groups in total. The van der Waals surface area contributed by atoms with Gasteiger partial charge in [-0.25, -0.2) is 0 Å². The Morgan fingerprint density at radius 2 is 2.10 bits per heavy atom.